The van der Waals surface area contributed by atoms with Gasteiger partial charge in [-0.05, 0) is 44.9 Å². The summed E-state index contributed by atoms with van der Waals surface area (Å²) < 4.78 is 32.6. The maximum atomic E-state index is 12.6. The van der Waals surface area contributed by atoms with Crippen LogP contribution in [0.1, 0.15) is 232 Å². The zero-order valence-corrected chi connectivity index (χ0v) is 36.7. The number of aliphatic hydroxyl groups is 2. The second kappa shape index (κ2) is 40.7. The topological polar surface area (TPSA) is 124 Å². The van der Waals surface area contributed by atoms with Crippen molar-refractivity contribution >= 4 is 16.0 Å². The first-order valence-electron chi connectivity index (χ1n) is 23.3. The van der Waals surface area contributed by atoms with E-state index < -0.39 is 40.0 Å². The highest BCUT2D eigenvalue weighted by molar-refractivity contribution is 7.85. The van der Waals surface area contributed by atoms with E-state index in [4.69, 9.17) is 0 Å². The van der Waals surface area contributed by atoms with E-state index in [2.05, 4.69) is 43.5 Å². The molecule has 8 heteroatoms. The minimum atomic E-state index is -4.46. The molecule has 7 nitrogen and oxygen atoms in total. The Labute approximate surface area is 340 Å². The number of hydrogen-bond acceptors (Lipinski definition) is 5. The van der Waals surface area contributed by atoms with Crippen molar-refractivity contribution in [1.29, 1.82) is 0 Å². The summed E-state index contributed by atoms with van der Waals surface area (Å²) in [7, 11) is -4.46. The molecule has 0 fully saturated rings. The molecule has 0 heterocycles. The molecule has 4 N–H and O–H groups in total. The number of carbonyl (C=O) groups excluding carboxylic acids is 1. The summed E-state index contributed by atoms with van der Waals surface area (Å²) in [6.45, 7) is 4.52. The molecule has 3 atom stereocenters. The molecule has 0 aromatic heterocycles. The average Bonchev–Trinajstić information content (AvgIpc) is 3.15. The molecule has 0 rings (SSSR count). The molecule has 0 spiro atoms. The Kier molecular flexibility index (Phi) is 39.6. The number of allylic oxidation sites excluding steroid dienone is 5. The second-order valence-corrected chi connectivity index (χ2v) is 17.7. The maximum absolute atomic E-state index is 12.6. The molecule has 0 bridgehead atoms. The van der Waals surface area contributed by atoms with Crippen molar-refractivity contribution in [3.05, 3.63) is 36.5 Å². The van der Waals surface area contributed by atoms with Gasteiger partial charge >= 0.3 is 0 Å². The van der Waals surface area contributed by atoms with Crippen LogP contribution in [0.2, 0.25) is 0 Å². The first kappa shape index (κ1) is 53.5. The Bertz CT molecular complexity index is 1030. The minimum absolute atomic E-state index is 0.275. The van der Waals surface area contributed by atoms with E-state index in [1.54, 1.807) is 6.08 Å². The molecule has 0 saturated heterocycles. The maximum Gasteiger partial charge on any atom is 0.267 e. The largest absolute Gasteiger partial charge is 0.387 e. The van der Waals surface area contributed by atoms with Gasteiger partial charge in [-0.25, -0.2) is 0 Å². The van der Waals surface area contributed by atoms with E-state index in [0.29, 0.717) is 12.8 Å². The van der Waals surface area contributed by atoms with Crippen LogP contribution in [0.4, 0.5) is 0 Å². The van der Waals surface area contributed by atoms with E-state index in [0.717, 1.165) is 44.9 Å². The van der Waals surface area contributed by atoms with E-state index in [-0.39, 0.29) is 6.42 Å². The summed E-state index contributed by atoms with van der Waals surface area (Å²) in [4.78, 5) is 12.6. The molecule has 0 aromatic rings. The normalized spacial score (nSPS) is 14.1. The Balaban J connectivity index is 3.96. The van der Waals surface area contributed by atoms with Crippen molar-refractivity contribution in [2.75, 3.05) is 5.75 Å². The van der Waals surface area contributed by atoms with Crippen LogP contribution < -0.4 is 5.32 Å². The molecule has 324 valence electrons. The molecular formula is C47H89NO6S. The summed E-state index contributed by atoms with van der Waals surface area (Å²) in [6, 6.07) is -1.25. The lowest BCUT2D eigenvalue weighted by molar-refractivity contribution is -0.130. The molecular weight excluding hydrogens is 707 g/mol. The van der Waals surface area contributed by atoms with Crippen molar-refractivity contribution in [3.8, 4) is 0 Å². The fraction of sp³-hybridized carbons (Fsp3) is 0.851. The van der Waals surface area contributed by atoms with Gasteiger partial charge in [-0.15, -0.1) is 0 Å². The molecule has 0 radical (unpaired) electrons. The Morgan fingerprint density at radius 1 is 0.491 bits per heavy atom. The van der Waals surface area contributed by atoms with Gasteiger partial charge in [0.25, 0.3) is 10.1 Å². The van der Waals surface area contributed by atoms with Crippen molar-refractivity contribution in [2.24, 2.45) is 0 Å². The predicted molar refractivity (Wildman–Crippen MR) is 236 cm³/mol. The molecule has 0 aliphatic heterocycles. The number of amides is 1. The van der Waals surface area contributed by atoms with Crippen molar-refractivity contribution in [3.63, 3.8) is 0 Å². The monoisotopic (exact) mass is 796 g/mol. The predicted octanol–water partition coefficient (Wildman–Crippen LogP) is 13.1. The minimum Gasteiger partial charge on any atom is -0.387 e. The van der Waals surface area contributed by atoms with Gasteiger partial charge in [0.2, 0.25) is 5.91 Å². The van der Waals surface area contributed by atoms with Crippen LogP contribution in [0.15, 0.2) is 36.5 Å². The van der Waals surface area contributed by atoms with Gasteiger partial charge in [0, 0.05) is 0 Å². The first-order valence-corrected chi connectivity index (χ1v) is 24.9. The van der Waals surface area contributed by atoms with Crippen LogP contribution >= 0.6 is 0 Å². The standard InChI is InChI=1S/C47H89NO6S/c1-3-5-7-9-11-13-15-17-19-21-22-23-24-25-26-28-30-32-34-36-38-40-42-46(50)47(51)48-44(43-55(52,53)54)45(49)41-39-37-35-33-31-29-27-20-18-16-14-12-10-8-6-4-2/h18,20,31,33,39,41,44-46,49-50H,3-17,19,21-30,32,34-38,40,42-43H2,1-2H3,(H,48,51)(H,52,53,54)/b20-18+,33-31+,41-39+. The van der Waals surface area contributed by atoms with Gasteiger partial charge in [-0.2, -0.15) is 8.42 Å². The van der Waals surface area contributed by atoms with E-state index >= 15 is 0 Å². The summed E-state index contributed by atoms with van der Waals surface area (Å²) in [5, 5.41) is 23.4. The lowest BCUT2D eigenvalue weighted by Crippen LogP contribution is -2.50. The number of hydrogen-bond donors (Lipinski definition) is 4. The zero-order chi connectivity index (χ0) is 40.5. The third-order valence-corrected chi connectivity index (χ3v) is 11.4. The first-order chi connectivity index (χ1) is 26.7. The summed E-state index contributed by atoms with van der Waals surface area (Å²) >= 11 is 0. The lowest BCUT2D eigenvalue weighted by atomic mass is 10.0. The summed E-state index contributed by atoms with van der Waals surface area (Å²) in [6.07, 6.45) is 50.7. The van der Waals surface area contributed by atoms with Crippen molar-refractivity contribution in [2.45, 2.75) is 250 Å². The van der Waals surface area contributed by atoms with Gasteiger partial charge in [0.05, 0.1) is 17.9 Å². The highest BCUT2D eigenvalue weighted by atomic mass is 32.2. The highest BCUT2D eigenvalue weighted by Gasteiger charge is 2.27. The van der Waals surface area contributed by atoms with Gasteiger partial charge in [-0.1, -0.05) is 224 Å². The Morgan fingerprint density at radius 3 is 1.20 bits per heavy atom. The van der Waals surface area contributed by atoms with Crippen LogP contribution in [0.3, 0.4) is 0 Å². The number of aliphatic hydroxyl groups excluding tert-OH is 2. The molecule has 0 aliphatic carbocycles. The summed E-state index contributed by atoms with van der Waals surface area (Å²) in [5.74, 6) is -1.56. The van der Waals surface area contributed by atoms with Crippen LogP contribution in [0.25, 0.3) is 0 Å². The third-order valence-electron chi connectivity index (χ3n) is 10.7. The quantitative estimate of drug-likeness (QED) is 0.0277. The van der Waals surface area contributed by atoms with Gasteiger partial charge in [0.15, 0.2) is 0 Å². The number of nitrogens with one attached hydrogen (secondary N) is 1. The highest BCUT2D eigenvalue weighted by Crippen LogP contribution is 2.16. The Morgan fingerprint density at radius 2 is 0.818 bits per heavy atom. The van der Waals surface area contributed by atoms with Crippen molar-refractivity contribution in [1.82, 2.24) is 5.32 Å². The Hall–Kier alpha value is -1.48. The van der Waals surface area contributed by atoms with E-state index in [1.165, 1.54) is 160 Å². The van der Waals surface area contributed by atoms with Crippen LogP contribution in [-0.2, 0) is 14.9 Å². The fourth-order valence-electron chi connectivity index (χ4n) is 7.08. The number of unbranched alkanes of at least 4 members (excludes halogenated alkanes) is 29. The molecule has 1 amide bonds. The molecule has 3 unspecified atom stereocenters. The van der Waals surface area contributed by atoms with E-state index in [9.17, 15) is 28.0 Å². The second-order valence-electron chi connectivity index (χ2n) is 16.2. The fourth-order valence-corrected chi connectivity index (χ4v) is 7.81. The zero-order valence-electron chi connectivity index (χ0n) is 35.9. The van der Waals surface area contributed by atoms with Gasteiger partial charge in [-0.3, -0.25) is 9.35 Å². The van der Waals surface area contributed by atoms with Crippen LogP contribution in [0, 0.1) is 0 Å². The van der Waals surface area contributed by atoms with Gasteiger partial charge < -0.3 is 15.5 Å². The SMILES string of the molecule is CCCCCCCC/C=C/CC/C=C/CC/C=C/C(O)C(CS(=O)(=O)O)NC(=O)C(O)CCCCCCCCCCCCCCCCCCCCCCCC. The van der Waals surface area contributed by atoms with Crippen LogP contribution in [0.5, 0.6) is 0 Å². The average molecular weight is 796 g/mol. The van der Waals surface area contributed by atoms with Crippen LogP contribution in [-0.4, -0.2) is 53.1 Å². The smallest absolute Gasteiger partial charge is 0.267 e. The van der Waals surface area contributed by atoms with Gasteiger partial charge in [0.1, 0.15) is 6.10 Å². The number of rotatable bonds is 42. The lowest BCUT2D eigenvalue weighted by Gasteiger charge is -2.22. The third kappa shape index (κ3) is 40.5. The molecule has 55 heavy (non-hydrogen) atoms. The molecule has 0 aromatic carbocycles. The van der Waals surface area contributed by atoms with E-state index in [1.807, 2.05) is 0 Å². The van der Waals surface area contributed by atoms with Crippen molar-refractivity contribution < 1.29 is 28.0 Å². The number of carbonyl (C=O) groups is 1. The molecule has 0 saturated carbocycles. The summed E-state index contributed by atoms with van der Waals surface area (Å²) in [5.41, 5.74) is 0. The molecule has 0 aliphatic rings.